The lowest BCUT2D eigenvalue weighted by atomic mass is 11.8. The van der Waals surface area contributed by atoms with Gasteiger partial charge in [0.15, 0.2) is 25.0 Å². The maximum Gasteiger partial charge on any atom is 0.170 e. The third-order valence-corrected chi connectivity index (χ3v) is 10.7. The van der Waals surface area contributed by atoms with E-state index in [0.717, 1.165) is 0 Å². The minimum absolute atomic E-state index is 0.128. The molecule has 0 aliphatic heterocycles. The highest BCUT2D eigenvalue weighted by molar-refractivity contribution is 6.83. The Kier molecular flexibility index (Phi) is 8.70. The molecule has 0 aliphatic rings. The van der Waals surface area contributed by atoms with Gasteiger partial charge in [0.05, 0.1) is 0 Å². The number of hydrogen-bond acceptors (Lipinski definition) is 2. The van der Waals surface area contributed by atoms with Crippen LogP contribution in [0.25, 0.3) is 0 Å². The van der Waals surface area contributed by atoms with Crippen LogP contribution >= 0.6 is 0 Å². The zero-order valence-electron chi connectivity index (χ0n) is 13.0. The molecular formula is C10H32O2Si4. The van der Waals surface area contributed by atoms with E-state index in [1.807, 2.05) is 0 Å². The Bertz CT molecular complexity index is 165. The van der Waals surface area contributed by atoms with Crippen LogP contribution in [0.3, 0.4) is 0 Å². The fourth-order valence-electron chi connectivity index (χ4n) is 1.35. The third-order valence-electron chi connectivity index (χ3n) is 1.19. The Morgan fingerprint density at radius 3 is 0.938 bits per heavy atom. The number of hydrogen-bond donors (Lipinski definition) is 0. The average Bonchev–Trinajstić information content (AvgIpc) is 1.73. The minimum atomic E-state index is -1.23. The van der Waals surface area contributed by atoms with Crippen LogP contribution in [0.4, 0.5) is 0 Å². The fourth-order valence-corrected chi connectivity index (χ4v) is 12.2. The van der Waals surface area contributed by atoms with Crippen LogP contribution in [0.15, 0.2) is 0 Å². The van der Waals surface area contributed by atoms with Gasteiger partial charge in [0, 0.05) is 0 Å². The molecule has 0 radical (unpaired) electrons. The van der Waals surface area contributed by atoms with Crippen LogP contribution < -0.4 is 0 Å². The summed E-state index contributed by atoms with van der Waals surface area (Å²) >= 11 is 0. The minimum Gasteiger partial charge on any atom is -0.461 e. The lowest BCUT2D eigenvalue weighted by Gasteiger charge is -2.27. The summed E-state index contributed by atoms with van der Waals surface area (Å²) < 4.78 is 11.4. The van der Waals surface area contributed by atoms with Crippen LogP contribution in [-0.2, 0) is 8.23 Å². The average molecular weight is 297 g/mol. The molecule has 0 rings (SSSR count). The summed E-state index contributed by atoms with van der Waals surface area (Å²) in [6.45, 7) is 22.3. The van der Waals surface area contributed by atoms with Crippen molar-refractivity contribution in [2.45, 2.75) is 65.5 Å². The smallest absolute Gasteiger partial charge is 0.170 e. The lowest BCUT2D eigenvalue weighted by molar-refractivity contribution is 0.559. The summed E-state index contributed by atoms with van der Waals surface area (Å²) in [5.41, 5.74) is 0. The second-order valence-corrected chi connectivity index (χ2v) is 22.1. The summed E-state index contributed by atoms with van der Waals surface area (Å²) in [4.78, 5) is 0. The summed E-state index contributed by atoms with van der Waals surface area (Å²) in [6, 6.07) is 0. The molecule has 0 amide bonds. The Morgan fingerprint density at radius 1 is 0.625 bits per heavy atom. The third kappa shape index (κ3) is 24.2. The van der Waals surface area contributed by atoms with Gasteiger partial charge in [-0.25, -0.2) is 0 Å². The van der Waals surface area contributed by atoms with Crippen molar-refractivity contribution in [2.75, 3.05) is 0 Å². The first kappa shape index (κ1) is 19.1. The normalized spacial score (nSPS) is 13.9. The maximum atomic E-state index is 5.90. The highest BCUT2D eigenvalue weighted by Crippen LogP contribution is 2.12. The van der Waals surface area contributed by atoms with Gasteiger partial charge in [0.2, 0.25) is 0 Å². The van der Waals surface area contributed by atoms with Gasteiger partial charge in [-0.1, -0.05) is 6.55 Å². The molecule has 0 heterocycles. The van der Waals surface area contributed by atoms with Crippen LogP contribution in [0, 0.1) is 0 Å². The van der Waals surface area contributed by atoms with Crippen molar-refractivity contribution < 1.29 is 8.23 Å². The molecule has 0 aromatic heterocycles. The quantitative estimate of drug-likeness (QED) is 0.737. The van der Waals surface area contributed by atoms with Crippen LogP contribution in [-0.4, -0.2) is 34.7 Å². The van der Waals surface area contributed by atoms with E-state index < -0.39 is 25.0 Å². The summed E-state index contributed by atoms with van der Waals surface area (Å²) in [7, 11) is -3.69. The molecule has 0 spiro atoms. The van der Waals surface area contributed by atoms with Gasteiger partial charge >= 0.3 is 0 Å². The topological polar surface area (TPSA) is 18.5 Å². The molecule has 0 saturated heterocycles. The molecule has 0 unspecified atom stereocenters. The van der Waals surface area contributed by atoms with Gasteiger partial charge in [-0.2, -0.15) is 0 Å². The van der Waals surface area contributed by atoms with E-state index in [0.29, 0.717) is 0 Å². The van der Waals surface area contributed by atoms with Crippen molar-refractivity contribution >= 4 is 34.7 Å². The predicted octanol–water partition coefficient (Wildman–Crippen LogP) is 3.64. The van der Waals surface area contributed by atoms with E-state index in [4.69, 9.17) is 8.23 Å². The molecule has 0 atom stereocenters. The van der Waals surface area contributed by atoms with E-state index in [9.17, 15) is 0 Å². The molecule has 16 heavy (non-hydrogen) atoms. The zero-order chi connectivity index (χ0) is 13.6. The molecule has 6 heteroatoms. The highest BCUT2D eigenvalue weighted by atomic mass is 28.4. The van der Waals surface area contributed by atoms with E-state index >= 15 is 0 Å². The monoisotopic (exact) mass is 296 g/mol. The molecule has 100 valence electrons. The van der Waals surface area contributed by atoms with Gasteiger partial charge in [0.1, 0.15) is 9.76 Å². The van der Waals surface area contributed by atoms with Crippen LogP contribution in [0.1, 0.15) is 0 Å². The van der Waals surface area contributed by atoms with E-state index in [1.54, 1.807) is 0 Å². The van der Waals surface area contributed by atoms with Gasteiger partial charge in [0.25, 0.3) is 0 Å². The Balaban J connectivity index is 0. The molecule has 0 aliphatic carbocycles. The summed E-state index contributed by atoms with van der Waals surface area (Å²) in [5.74, 6) is 0. The zero-order valence-corrected chi connectivity index (χ0v) is 17.4. The SMILES string of the molecule is C[SiH2]O[Si](C)(C)C.C[Si](C)(C)O[Si](C)(C)C. The summed E-state index contributed by atoms with van der Waals surface area (Å²) in [5, 5.41) is 0. The second-order valence-electron chi connectivity index (χ2n) is 6.87. The molecule has 2 nitrogen and oxygen atoms in total. The Hall–Kier alpha value is 0.788. The van der Waals surface area contributed by atoms with Crippen molar-refractivity contribution in [1.29, 1.82) is 0 Å². The van der Waals surface area contributed by atoms with E-state index in [1.165, 1.54) is 0 Å². The van der Waals surface area contributed by atoms with E-state index in [-0.39, 0.29) is 9.76 Å². The Morgan fingerprint density at radius 2 is 0.938 bits per heavy atom. The van der Waals surface area contributed by atoms with Crippen LogP contribution in [0.5, 0.6) is 0 Å². The molecule has 0 fully saturated rings. The molecule has 0 N–H and O–H groups in total. The molecule has 0 bridgehead atoms. The molecule has 0 aromatic rings. The van der Waals surface area contributed by atoms with Gasteiger partial charge < -0.3 is 8.23 Å². The fraction of sp³-hybridized carbons (Fsp3) is 1.00. The van der Waals surface area contributed by atoms with Crippen LogP contribution in [0.2, 0.25) is 65.5 Å². The standard InChI is InChI=1S/C6H18OSi2.C4H14OSi2/c1-8(2,3)7-9(4,5)6;1-6-5-7(2,3)4/h1-6H3;6H2,1-4H3. The van der Waals surface area contributed by atoms with Crippen molar-refractivity contribution in [3.63, 3.8) is 0 Å². The van der Waals surface area contributed by atoms with E-state index in [2.05, 4.69) is 65.5 Å². The van der Waals surface area contributed by atoms with Crippen molar-refractivity contribution in [3.05, 3.63) is 0 Å². The first-order valence-corrected chi connectivity index (χ1v) is 18.3. The van der Waals surface area contributed by atoms with Crippen molar-refractivity contribution in [2.24, 2.45) is 0 Å². The molecule has 0 aromatic carbocycles. The van der Waals surface area contributed by atoms with Gasteiger partial charge in [-0.15, -0.1) is 0 Å². The highest BCUT2D eigenvalue weighted by Gasteiger charge is 2.24. The Labute approximate surface area is 108 Å². The van der Waals surface area contributed by atoms with Crippen molar-refractivity contribution in [1.82, 2.24) is 0 Å². The summed E-state index contributed by atoms with van der Waals surface area (Å²) in [6.07, 6.45) is 0. The largest absolute Gasteiger partial charge is 0.461 e. The molecule has 0 saturated carbocycles. The second kappa shape index (κ2) is 7.27. The lowest BCUT2D eigenvalue weighted by Crippen LogP contribution is -2.39. The predicted molar refractivity (Wildman–Crippen MR) is 86.6 cm³/mol. The first-order valence-electron chi connectivity index (χ1n) is 6.11. The first-order chi connectivity index (χ1) is 6.77. The van der Waals surface area contributed by atoms with Gasteiger partial charge in [-0.05, 0) is 58.9 Å². The van der Waals surface area contributed by atoms with Gasteiger partial charge in [-0.3, -0.25) is 0 Å². The number of rotatable bonds is 4. The molecular weight excluding hydrogens is 264 g/mol. The van der Waals surface area contributed by atoms with Crippen molar-refractivity contribution in [3.8, 4) is 0 Å². The maximum absolute atomic E-state index is 5.90.